The number of carbonyl (C=O) groups excluding carboxylic acids is 1. The van der Waals surface area contributed by atoms with Gasteiger partial charge in [0, 0.05) is 13.1 Å². The highest BCUT2D eigenvalue weighted by Crippen LogP contribution is 2.22. The van der Waals surface area contributed by atoms with E-state index >= 15 is 0 Å². The molecule has 0 spiro atoms. The average molecular weight is 228 g/mol. The monoisotopic (exact) mass is 228 g/mol. The minimum absolute atomic E-state index is 0.172. The van der Waals surface area contributed by atoms with Crippen molar-refractivity contribution in [1.82, 2.24) is 10.2 Å². The van der Waals surface area contributed by atoms with E-state index in [1.54, 1.807) is 7.05 Å². The fourth-order valence-electron chi connectivity index (χ4n) is 2.20. The summed E-state index contributed by atoms with van der Waals surface area (Å²) in [7, 11) is 3.24. The van der Waals surface area contributed by atoms with Gasteiger partial charge in [0.2, 0.25) is 0 Å². The lowest BCUT2D eigenvalue weighted by Crippen LogP contribution is -2.49. The third-order valence-electron chi connectivity index (χ3n) is 3.69. The number of piperidine rings is 1. The Morgan fingerprint density at radius 3 is 2.69 bits per heavy atom. The van der Waals surface area contributed by atoms with Gasteiger partial charge in [0.25, 0.3) is 0 Å². The van der Waals surface area contributed by atoms with E-state index < -0.39 is 0 Å². The van der Waals surface area contributed by atoms with E-state index in [0.29, 0.717) is 5.92 Å². The van der Waals surface area contributed by atoms with Gasteiger partial charge >= 0.3 is 5.97 Å². The number of nitrogens with one attached hydrogen (secondary N) is 1. The fraction of sp³-hybridized carbons (Fsp3) is 0.917. The number of hydrogen-bond donors (Lipinski definition) is 1. The number of esters is 1. The second-order valence-corrected chi connectivity index (χ2v) is 4.87. The Bertz CT molecular complexity index is 233. The van der Waals surface area contributed by atoms with Crippen LogP contribution in [0.5, 0.6) is 0 Å². The van der Waals surface area contributed by atoms with Crippen LogP contribution in [-0.2, 0) is 9.53 Å². The van der Waals surface area contributed by atoms with Gasteiger partial charge in [0.1, 0.15) is 6.04 Å². The summed E-state index contributed by atoms with van der Waals surface area (Å²) >= 11 is 0. The predicted octanol–water partition coefficient (Wildman–Crippen LogP) is 0.725. The number of likely N-dealkylation sites (N-methyl/N-ethyl adjacent to an activating group) is 1. The number of ether oxygens (including phenoxy) is 1. The van der Waals surface area contributed by atoms with E-state index in [-0.39, 0.29) is 12.0 Å². The average Bonchev–Trinajstić information content (AvgIpc) is 2.29. The zero-order valence-electron chi connectivity index (χ0n) is 10.8. The van der Waals surface area contributed by atoms with Crippen molar-refractivity contribution in [2.45, 2.75) is 26.3 Å². The predicted molar refractivity (Wildman–Crippen MR) is 64.2 cm³/mol. The van der Waals surface area contributed by atoms with Gasteiger partial charge in [0.15, 0.2) is 0 Å². The third kappa shape index (κ3) is 3.46. The zero-order chi connectivity index (χ0) is 12.1. The van der Waals surface area contributed by atoms with Crippen LogP contribution < -0.4 is 5.32 Å². The standard InChI is InChI=1S/C12H24N2O2/c1-9-5-6-14(7-10(9)2)8-11(13-3)12(15)16-4/h9-11,13H,5-8H2,1-4H3. The first-order valence-electron chi connectivity index (χ1n) is 6.06. The molecule has 3 unspecified atom stereocenters. The molecule has 0 aliphatic carbocycles. The molecule has 3 atom stereocenters. The molecular formula is C12H24N2O2. The minimum atomic E-state index is -0.203. The Hall–Kier alpha value is -0.610. The molecule has 1 aliphatic heterocycles. The molecule has 1 saturated heterocycles. The number of likely N-dealkylation sites (tertiary alicyclic amines) is 1. The van der Waals surface area contributed by atoms with E-state index in [0.717, 1.165) is 25.6 Å². The largest absolute Gasteiger partial charge is 0.468 e. The van der Waals surface area contributed by atoms with Crippen LogP contribution in [0.15, 0.2) is 0 Å². The highest BCUT2D eigenvalue weighted by molar-refractivity contribution is 5.75. The number of methoxy groups -OCH3 is 1. The second-order valence-electron chi connectivity index (χ2n) is 4.87. The smallest absolute Gasteiger partial charge is 0.324 e. The Labute approximate surface area is 98.3 Å². The molecule has 0 aromatic carbocycles. The molecule has 4 nitrogen and oxygen atoms in total. The lowest BCUT2D eigenvalue weighted by atomic mass is 9.88. The molecule has 4 heteroatoms. The van der Waals surface area contributed by atoms with Gasteiger partial charge < -0.3 is 15.0 Å². The van der Waals surface area contributed by atoms with Crippen molar-refractivity contribution in [1.29, 1.82) is 0 Å². The summed E-state index contributed by atoms with van der Waals surface area (Å²) in [5.41, 5.74) is 0. The summed E-state index contributed by atoms with van der Waals surface area (Å²) in [6.07, 6.45) is 1.22. The molecular weight excluding hydrogens is 204 g/mol. The van der Waals surface area contributed by atoms with Gasteiger partial charge in [-0.25, -0.2) is 0 Å². The summed E-state index contributed by atoms with van der Waals surface area (Å²) in [5.74, 6) is 1.33. The van der Waals surface area contributed by atoms with Crippen LogP contribution in [0.25, 0.3) is 0 Å². The molecule has 0 radical (unpaired) electrons. The molecule has 1 heterocycles. The molecule has 16 heavy (non-hydrogen) atoms. The minimum Gasteiger partial charge on any atom is -0.468 e. The molecule has 94 valence electrons. The van der Waals surface area contributed by atoms with Gasteiger partial charge in [0.05, 0.1) is 7.11 Å². The van der Waals surface area contributed by atoms with Crippen LogP contribution >= 0.6 is 0 Å². The Morgan fingerprint density at radius 1 is 1.50 bits per heavy atom. The van der Waals surface area contributed by atoms with Crippen molar-refractivity contribution in [3.63, 3.8) is 0 Å². The van der Waals surface area contributed by atoms with Gasteiger partial charge in [-0.15, -0.1) is 0 Å². The van der Waals surface area contributed by atoms with Crippen LogP contribution in [-0.4, -0.2) is 50.7 Å². The summed E-state index contributed by atoms with van der Waals surface area (Å²) in [6, 6.07) is -0.203. The van der Waals surface area contributed by atoms with Crippen LogP contribution in [0.4, 0.5) is 0 Å². The first-order valence-corrected chi connectivity index (χ1v) is 6.06. The summed E-state index contributed by atoms with van der Waals surface area (Å²) in [6.45, 7) is 7.50. The molecule has 1 aliphatic rings. The SMILES string of the molecule is CNC(CN1CCC(C)C(C)C1)C(=O)OC. The van der Waals surface area contributed by atoms with Gasteiger partial charge in [-0.2, -0.15) is 0 Å². The maximum Gasteiger partial charge on any atom is 0.324 e. The summed E-state index contributed by atoms with van der Waals surface area (Å²) in [4.78, 5) is 13.8. The van der Waals surface area contributed by atoms with Crippen LogP contribution in [0.1, 0.15) is 20.3 Å². The van der Waals surface area contributed by atoms with Crippen molar-refractivity contribution in [3.05, 3.63) is 0 Å². The molecule has 0 amide bonds. The van der Waals surface area contributed by atoms with Gasteiger partial charge in [-0.1, -0.05) is 13.8 Å². The maximum atomic E-state index is 11.5. The quantitative estimate of drug-likeness (QED) is 0.720. The molecule has 1 rings (SSSR count). The zero-order valence-corrected chi connectivity index (χ0v) is 10.8. The van der Waals surface area contributed by atoms with Crippen LogP contribution in [0, 0.1) is 11.8 Å². The topological polar surface area (TPSA) is 41.6 Å². The Balaban J connectivity index is 2.44. The van der Waals surface area contributed by atoms with E-state index in [9.17, 15) is 4.79 Å². The normalized spacial score (nSPS) is 28.8. The molecule has 0 bridgehead atoms. The maximum absolute atomic E-state index is 11.5. The van der Waals surface area contributed by atoms with Crippen molar-refractivity contribution < 1.29 is 9.53 Å². The Morgan fingerprint density at radius 2 is 2.19 bits per heavy atom. The van der Waals surface area contributed by atoms with Crippen LogP contribution in [0.2, 0.25) is 0 Å². The number of hydrogen-bond acceptors (Lipinski definition) is 4. The highest BCUT2D eigenvalue weighted by atomic mass is 16.5. The second kappa shape index (κ2) is 6.21. The van der Waals surface area contributed by atoms with Crippen molar-refractivity contribution in [2.24, 2.45) is 11.8 Å². The summed E-state index contributed by atoms with van der Waals surface area (Å²) < 4.78 is 4.76. The number of nitrogens with zero attached hydrogens (tertiary/aromatic N) is 1. The van der Waals surface area contributed by atoms with Crippen molar-refractivity contribution in [3.8, 4) is 0 Å². The summed E-state index contributed by atoms with van der Waals surface area (Å²) in [5, 5.41) is 3.01. The lowest BCUT2D eigenvalue weighted by Gasteiger charge is -2.36. The number of carbonyl (C=O) groups is 1. The molecule has 0 aromatic heterocycles. The van der Waals surface area contributed by atoms with E-state index in [1.807, 2.05) is 0 Å². The first-order chi connectivity index (χ1) is 7.58. The third-order valence-corrected chi connectivity index (χ3v) is 3.69. The van der Waals surface area contributed by atoms with Gasteiger partial charge in [-0.3, -0.25) is 4.79 Å². The number of rotatable bonds is 4. The van der Waals surface area contributed by atoms with E-state index in [1.165, 1.54) is 13.5 Å². The highest BCUT2D eigenvalue weighted by Gasteiger charge is 2.26. The van der Waals surface area contributed by atoms with Gasteiger partial charge in [-0.05, 0) is 31.8 Å². The van der Waals surface area contributed by atoms with Crippen molar-refractivity contribution in [2.75, 3.05) is 33.8 Å². The van der Waals surface area contributed by atoms with Crippen molar-refractivity contribution >= 4 is 5.97 Å². The van der Waals surface area contributed by atoms with E-state index in [4.69, 9.17) is 4.74 Å². The van der Waals surface area contributed by atoms with E-state index in [2.05, 4.69) is 24.1 Å². The molecule has 0 aromatic rings. The fourth-order valence-corrected chi connectivity index (χ4v) is 2.20. The van der Waals surface area contributed by atoms with Crippen LogP contribution in [0.3, 0.4) is 0 Å². The molecule has 1 fully saturated rings. The lowest BCUT2D eigenvalue weighted by molar-refractivity contribution is -0.143. The first kappa shape index (κ1) is 13.5. The molecule has 1 N–H and O–H groups in total. The molecule has 0 saturated carbocycles. The Kier molecular flexibility index (Phi) is 5.22.